The predicted molar refractivity (Wildman–Crippen MR) is 59.6 cm³/mol. The number of nitrogens with two attached hydrogens (primary N) is 1. The third-order valence-corrected chi connectivity index (χ3v) is 2.25. The molecule has 0 aliphatic carbocycles. The Kier molecular flexibility index (Phi) is 3.99. The largest absolute Gasteiger partial charge is 0.507 e. The zero-order valence-electron chi connectivity index (χ0n) is 8.51. The van der Waals surface area contributed by atoms with Gasteiger partial charge in [0.15, 0.2) is 0 Å². The number of nitrogen functional groups attached to an aromatic ring is 1. The van der Waals surface area contributed by atoms with Crippen molar-refractivity contribution in [1.29, 1.82) is 0 Å². The van der Waals surface area contributed by atoms with Gasteiger partial charge in [-0.1, -0.05) is 24.3 Å². The smallest absolute Gasteiger partial charge is 0.125 e. The first-order valence-electron chi connectivity index (χ1n) is 4.56. The predicted octanol–water partition coefficient (Wildman–Crippen LogP) is 2.34. The first-order valence-corrected chi connectivity index (χ1v) is 4.56. The fourth-order valence-corrected chi connectivity index (χ4v) is 1.54. The molecule has 0 aromatic heterocycles. The van der Waals surface area contributed by atoms with Crippen molar-refractivity contribution in [3.8, 4) is 22.6 Å². The van der Waals surface area contributed by atoms with E-state index in [2.05, 4.69) is 0 Å². The topological polar surface area (TPSA) is 66.5 Å². The average Bonchev–Trinajstić information content (AvgIpc) is 2.20. The number of phenols is 2. The monoisotopic (exact) mass is 249 g/mol. The molecule has 2 aromatic rings. The van der Waals surface area contributed by atoms with E-state index in [0.717, 1.165) is 0 Å². The molecular weight excluding hydrogens is 238 g/mol. The second kappa shape index (κ2) is 5.06. The first kappa shape index (κ1) is 12.6. The van der Waals surface area contributed by atoms with Crippen molar-refractivity contribution in [3.63, 3.8) is 0 Å². The van der Waals surface area contributed by atoms with Crippen molar-refractivity contribution in [1.82, 2.24) is 0 Å². The summed E-state index contributed by atoms with van der Waals surface area (Å²) in [5, 5.41) is 19.3. The van der Waals surface area contributed by atoms with Crippen LogP contribution in [0.3, 0.4) is 0 Å². The van der Waals surface area contributed by atoms with E-state index in [1.165, 1.54) is 6.07 Å². The summed E-state index contributed by atoms with van der Waals surface area (Å²) < 4.78 is 0. The Balaban J connectivity index is 0.00000128. The van der Waals surface area contributed by atoms with Crippen LogP contribution in [0, 0.1) is 0 Å². The Labute approximate surface area is 108 Å². The van der Waals surface area contributed by atoms with Crippen molar-refractivity contribution < 1.29 is 31.9 Å². The van der Waals surface area contributed by atoms with Gasteiger partial charge in [0.25, 0.3) is 0 Å². The molecule has 0 saturated heterocycles. The molecule has 0 heterocycles. The molecule has 0 aliphatic rings. The third kappa shape index (κ3) is 2.21. The van der Waals surface area contributed by atoms with Gasteiger partial charge >= 0.3 is 0 Å². The van der Waals surface area contributed by atoms with E-state index >= 15 is 0 Å². The Morgan fingerprint density at radius 2 is 1.44 bits per heavy atom. The van der Waals surface area contributed by atoms with E-state index in [0.29, 0.717) is 16.8 Å². The van der Waals surface area contributed by atoms with Gasteiger partial charge in [-0.15, -0.1) is 0 Å². The minimum atomic E-state index is 0. The van der Waals surface area contributed by atoms with Crippen LogP contribution in [0.1, 0.15) is 0 Å². The fraction of sp³-hybridized carbons (Fsp3) is 0. The van der Waals surface area contributed by atoms with Crippen LogP contribution in [0.25, 0.3) is 11.1 Å². The normalized spacial score (nSPS) is 9.50. The summed E-state index contributed by atoms with van der Waals surface area (Å²) in [6.45, 7) is 0. The van der Waals surface area contributed by atoms with Crippen molar-refractivity contribution >= 4 is 5.69 Å². The molecule has 3 nitrogen and oxygen atoms in total. The molecule has 0 spiro atoms. The molecule has 0 fully saturated rings. The number of aromatic hydroxyl groups is 2. The summed E-state index contributed by atoms with van der Waals surface area (Å²) in [4.78, 5) is 0. The number of hydrogen-bond acceptors (Lipinski definition) is 3. The number of benzene rings is 2. The van der Waals surface area contributed by atoms with E-state index in [4.69, 9.17) is 5.73 Å². The van der Waals surface area contributed by atoms with E-state index in [1.807, 2.05) is 0 Å². The molecule has 80 valence electrons. The third-order valence-electron chi connectivity index (χ3n) is 2.25. The van der Waals surface area contributed by atoms with Gasteiger partial charge in [0.05, 0.1) is 5.56 Å². The SMILES string of the molecule is Nc1cccc(O)c1-c1ccccc1O.[Ti]. The zero-order chi connectivity index (χ0) is 10.8. The van der Waals surface area contributed by atoms with E-state index in [1.54, 1.807) is 36.4 Å². The molecule has 0 bridgehead atoms. The van der Waals surface area contributed by atoms with Gasteiger partial charge in [0.1, 0.15) is 11.5 Å². The second-order valence-electron chi connectivity index (χ2n) is 3.26. The van der Waals surface area contributed by atoms with Gasteiger partial charge in [-0.3, -0.25) is 0 Å². The Morgan fingerprint density at radius 1 is 0.812 bits per heavy atom. The van der Waals surface area contributed by atoms with Crippen molar-refractivity contribution in [3.05, 3.63) is 42.5 Å². The maximum atomic E-state index is 9.68. The van der Waals surface area contributed by atoms with Crippen molar-refractivity contribution in [2.24, 2.45) is 0 Å². The summed E-state index contributed by atoms with van der Waals surface area (Å²) in [5.41, 5.74) is 7.20. The van der Waals surface area contributed by atoms with Crippen LogP contribution in [-0.2, 0) is 21.7 Å². The molecule has 0 atom stereocenters. The number of hydrogen-bond donors (Lipinski definition) is 3. The summed E-state index contributed by atoms with van der Waals surface area (Å²) in [6.07, 6.45) is 0. The summed E-state index contributed by atoms with van der Waals surface area (Å²) in [5.74, 6) is 0.169. The van der Waals surface area contributed by atoms with E-state index in [-0.39, 0.29) is 33.2 Å². The fourth-order valence-electron chi connectivity index (χ4n) is 1.54. The molecule has 0 aliphatic heterocycles. The van der Waals surface area contributed by atoms with Crippen LogP contribution in [0.2, 0.25) is 0 Å². The number of para-hydroxylation sites is 1. The zero-order valence-corrected chi connectivity index (χ0v) is 10.1. The van der Waals surface area contributed by atoms with Gasteiger partial charge in [0, 0.05) is 33.0 Å². The Bertz CT molecular complexity index is 480. The molecule has 0 saturated carbocycles. The molecule has 2 rings (SSSR count). The minimum absolute atomic E-state index is 0. The van der Waals surface area contributed by atoms with Gasteiger partial charge < -0.3 is 15.9 Å². The van der Waals surface area contributed by atoms with E-state index < -0.39 is 0 Å². The van der Waals surface area contributed by atoms with Gasteiger partial charge in [-0.2, -0.15) is 0 Å². The maximum Gasteiger partial charge on any atom is 0.125 e. The first-order chi connectivity index (χ1) is 7.20. The molecule has 0 amide bonds. The second-order valence-corrected chi connectivity index (χ2v) is 3.26. The van der Waals surface area contributed by atoms with Crippen LogP contribution in [0.4, 0.5) is 5.69 Å². The van der Waals surface area contributed by atoms with Gasteiger partial charge in [-0.05, 0) is 18.2 Å². The minimum Gasteiger partial charge on any atom is -0.507 e. The maximum absolute atomic E-state index is 9.68. The molecule has 4 N–H and O–H groups in total. The molecule has 2 aromatic carbocycles. The van der Waals surface area contributed by atoms with Gasteiger partial charge in [0.2, 0.25) is 0 Å². The molecule has 0 unspecified atom stereocenters. The standard InChI is InChI=1S/C12H11NO2.Ti/c13-9-5-3-7-11(15)12(9)8-4-1-2-6-10(8)14;/h1-7,14-15H,13H2;. The van der Waals surface area contributed by atoms with E-state index in [9.17, 15) is 10.2 Å². The molecule has 16 heavy (non-hydrogen) atoms. The average molecular weight is 249 g/mol. The van der Waals surface area contributed by atoms with Crippen LogP contribution < -0.4 is 5.73 Å². The van der Waals surface area contributed by atoms with Crippen LogP contribution in [0.15, 0.2) is 42.5 Å². The number of phenolic OH excluding ortho intramolecular Hbond substituents is 2. The van der Waals surface area contributed by atoms with Gasteiger partial charge in [-0.25, -0.2) is 0 Å². The van der Waals surface area contributed by atoms with Crippen LogP contribution in [0.5, 0.6) is 11.5 Å². The number of anilines is 1. The molecule has 0 radical (unpaired) electrons. The number of rotatable bonds is 1. The molecule has 4 heteroatoms. The summed E-state index contributed by atoms with van der Waals surface area (Å²) in [6, 6.07) is 11.6. The van der Waals surface area contributed by atoms with Crippen LogP contribution >= 0.6 is 0 Å². The quantitative estimate of drug-likeness (QED) is 0.536. The molecular formula is C12H11NO2Ti. The van der Waals surface area contributed by atoms with Crippen molar-refractivity contribution in [2.75, 3.05) is 5.73 Å². The summed E-state index contributed by atoms with van der Waals surface area (Å²) in [7, 11) is 0. The van der Waals surface area contributed by atoms with Crippen LogP contribution in [-0.4, -0.2) is 10.2 Å². The van der Waals surface area contributed by atoms with Crippen molar-refractivity contribution in [2.45, 2.75) is 0 Å². The Hall–Kier alpha value is -1.45. The Morgan fingerprint density at radius 3 is 2.06 bits per heavy atom. The summed E-state index contributed by atoms with van der Waals surface area (Å²) >= 11 is 0.